The molecule has 0 aromatic rings. The minimum atomic E-state index is -0.843. The van der Waals surface area contributed by atoms with E-state index in [0.717, 1.165) is 12.8 Å². The minimum Gasteiger partial charge on any atom is -0.481 e. The molecule has 1 heterocycles. The van der Waals surface area contributed by atoms with E-state index in [0.29, 0.717) is 19.6 Å². The van der Waals surface area contributed by atoms with Crippen LogP contribution in [0.15, 0.2) is 0 Å². The van der Waals surface area contributed by atoms with E-state index in [9.17, 15) is 9.59 Å². The lowest BCUT2D eigenvalue weighted by atomic mass is 10.0. The van der Waals surface area contributed by atoms with E-state index in [-0.39, 0.29) is 5.91 Å². The molecule has 1 amide bonds. The average Bonchev–Trinajstić information content (AvgIpc) is 2.36. The summed E-state index contributed by atoms with van der Waals surface area (Å²) in [5, 5.41) is 12.1. The number of hydrogen-bond acceptors (Lipinski definition) is 3. The molecule has 0 aromatic heterocycles. The van der Waals surface area contributed by atoms with Crippen LogP contribution in [0.4, 0.5) is 0 Å². The first-order chi connectivity index (χ1) is 7.88. The summed E-state index contributed by atoms with van der Waals surface area (Å²) < 4.78 is 0. The quantitative estimate of drug-likeness (QED) is 0.761. The van der Waals surface area contributed by atoms with Gasteiger partial charge in [0.05, 0.1) is 11.5 Å². The Morgan fingerprint density at radius 2 is 2.24 bits per heavy atom. The molecule has 1 atom stereocenters. The number of carboxylic acid groups (broad SMARTS) is 1. The standard InChI is InChI=1S/C12H22N2O3/c1-4-5-6-14-8-9(10(15)16)7-13-12(2,3)11(14)17/h9,13H,4-8H2,1-3H3,(H,15,16). The Kier molecular flexibility index (Phi) is 4.51. The molecule has 1 fully saturated rings. The van der Waals surface area contributed by atoms with Gasteiger partial charge < -0.3 is 15.3 Å². The van der Waals surface area contributed by atoms with Crippen molar-refractivity contribution in [2.24, 2.45) is 5.92 Å². The molecule has 1 aliphatic rings. The largest absolute Gasteiger partial charge is 0.481 e. The third-order valence-electron chi connectivity index (χ3n) is 3.18. The Balaban J connectivity index is 2.81. The van der Waals surface area contributed by atoms with Gasteiger partial charge in [-0.05, 0) is 20.3 Å². The number of carboxylic acids is 1. The van der Waals surface area contributed by atoms with Gasteiger partial charge in [0.1, 0.15) is 0 Å². The lowest BCUT2D eigenvalue weighted by molar-refractivity contribution is -0.142. The summed E-state index contributed by atoms with van der Waals surface area (Å²) >= 11 is 0. The zero-order valence-electron chi connectivity index (χ0n) is 10.8. The molecular weight excluding hydrogens is 220 g/mol. The lowest BCUT2D eigenvalue weighted by Gasteiger charge is -2.29. The fourth-order valence-electron chi connectivity index (χ4n) is 1.97. The van der Waals surface area contributed by atoms with Crippen LogP contribution in [-0.2, 0) is 9.59 Å². The van der Waals surface area contributed by atoms with E-state index in [2.05, 4.69) is 12.2 Å². The topological polar surface area (TPSA) is 69.6 Å². The Hall–Kier alpha value is -1.10. The van der Waals surface area contributed by atoms with Crippen molar-refractivity contribution >= 4 is 11.9 Å². The number of hydrogen-bond donors (Lipinski definition) is 2. The lowest BCUT2D eigenvalue weighted by Crippen LogP contribution is -2.51. The van der Waals surface area contributed by atoms with Gasteiger partial charge in [-0.1, -0.05) is 13.3 Å². The van der Waals surface area contributed by atoms with Gasteiger partial charge >= 0.3 is 5.97 Å². The van der Waals surface area contributed by atoms with Crippen LogP contribution in [0.2, 0.25) is 0 Å². The van der Waals surface area contributed by atoms with E-state index < -0.39 is 17.4 Å². The van der Waals surface area contributed by atoms with Crippen molar-refractivity contribution < 1.29 is 14.7 Å². The Labute approximate surface area is 102 Å². The van der Waals surface area contributed by atoms with Crippen LogP contribution in [0, 0.1) is 5.92 Å². The Morgan fingerprint density at radius 1 is 1.59 bits per heavy atom. The predicted molar refractivity (Wildman–Crippen MR) is 64.7 cm³/mol. The van der Waals surface area contributed by atoms with Crippen LogP contribution in [0.25, 0.3) is 0 Å². The molecule has 0 aliphatic carbocycles. The molecule has 5 heteroatoms. The summed E-state index contributed by atoms with van der Waals surface area (Å²) in [6.07, 6.45) is 1.91. The number of nitrogens with zero attached hydrogens (tertiary/aromatic N) is 1. The molecule has 1 unspecified atom stereocenters. The summed E-state index contributed by atoms with van der Waals surface area (Å²) in [7, 11) is 0. The van der Waals surface area contributed by atoms with Crippen molar-refractivity contribution in [2.45, 2.75) is 39.2 Å². The van der Waals surface area contributed by atoms with Crippen molar-refractivity contribution in [3.63, 3.8) is 0 Å². The monoisotopic (exact) mass is 242 g/mol. The number of carbonyl (C=O) groups is 2. The summed E-state index contributed by atoms with van der Waals surface area (Å²) in [5.41, 5.74) is -0.669. The van der Waals surface area contributed by atoms with Crippen molar-refractivity contribution in [1.29, 1.82) is 0 Å². The molecule has 0 radical (unpaired) electrons. The highest BCUT2D eigenvalue weighted by Gasteiger charge is 2.38. The molecule has 0 aromatic carbocycles. The highest BCUT2D eigenvalue weighted by atomic mass is 16.4. The second kappa shape index (κ2) is 5.49. The highest BCUT2D eigenvalue weighted by Crippen LogP contribution is 2.16. The van der Waals surface area contributed by atoms with E-state index >= 15 is 0 Å². The fraction of sp³-hybridized carbons (Fsp3) is 0.833. The molecule has 98 valence electrons. The number of unbranched alkanes of at least 4 members (excludes halogenated alkanes) is 1. The average molecular weight is 242 g/mol. The number of rotatable bonds is 4. The van der Waals surface area contributed by atoms with Crippen molar-refractivity contribution in [2.75, 3.05) is 19.6 Å². The van der Waals surface area contributed by atoms with Crippen LogP contribution in [0.1, 0.15) is 33.6 Å². The minimum absolute atomic E-state index is 0.00491. The van der Waals surface area contributed by atoms with Crippen LogP contribution < -0.4 is 5.32 Å². The second-order valence-electron chi connectivity index (χ2n) is 5.15. The van der Waals surface area contributed by atoms with E-state index in [1.54, 1.807) is 18.7 Å². The zero-order chi connectivity index (χ0) is 13.1. The van der Waals surface area contributed by atoms with Gasteiger partial charge in [-0.25, -0.2) is 0 Å². The van der Waals surface area contributed by atoms with Crippen LogP contribution in [0.5, 0.6) is 0 Å². The fourth-order valence-corrected chi connectivity index (χ4v) is 1.97. The van der Waals surface area contributed by atoms with Gasteiger partial charge in [0.25, 0.3) is 0 Å². The molecule has 5 nitrogen and oxygen atoms in total. The summed E-state index contributed by atoms with van der Waals surface area (Å²) in [4.78, 5) is 25.0. The van der Waals surface area contributed by atoms with Crippen molar-refractivity contribution in [1.82, 2.24) is 10.2 Å². The van der Waals surface area contributed by atoms with Crippen molar-refractivity contribution in [3.05, 3.63) is 0 Å². The number of nitrogens with one attached hydrogen (secondary N) is 1. The number of carbonyl (C=O) groups excluding carboxylic acids is 1. The van der Waals surface area contributed by atoms with Gasteiger partial charge in [0.15, 0.2) is 0 Å². The molecule has 0 bridgehead atoms. The molecule has 1 saturated heterocycles. The third kappa shape index (κ3) is 3.43. The molecule has 17 heavy (non-hydrogen) atoms. The van der Waals surface area contributed by atoms with Crippen LogP contribution in [-0.4, -0.2) is 47.1 Å². The first-order valence-corrected chi connectivity index (χ1v) is 6.15. The Bertz CT molecular complexity index is 302. The summed E-state index contributed by atoms with van der Waals surface area (Å²) in [6.45, 7) is 6.96. The van der Waals surface area contributed by atoms with Gasteiger partial charge in [0.2, 0.25) is 5.91 Å². The van der Waals surface area contributed by atoms with E-state index in [1.807, 2.05) is 0 Å². The summed E-state index contributed by atoms with van der Waals surface area (Å²) in [5.74, 6) is -1.36. The first kappa shape index (κ1) is 14.0. The van der Waals surface area contributed by atoms with Gasteiger partial charge in [0, 0.05) is 19.6 Å². The maximum absolute atomic E-state index is 12.2. The molecule has 0 saturated carbocycles. The van der Waals surface area contributed by atoms with Gasteiger partial charge in [-0.3, -0.25) is 9.59 Å². The normalized spacial score (nSPS) is 24.5. The van der Waals surface area contributed by atoms with E-state index in [1.165, 1.54) is 0 Å². The Morgan fingerprint density at radius 3 is 2.76 bits per heavy atom. The van der Waals surface area contributed by atoms with Crippen LogP contribution >= 0.6 is 0 Å². The molecule has 2 N–H and O–H groups in total. The smallest absolute Gasteiger partial charge is 0.309 e. The SMILES string of the molecule is CCCCN1CC(C(=O)O)CNC(C)(C)C1=O. The second-order valence-corrected chi connectivity index (χ2v) is 5.15. The number of aliphatic carboxylic acids is 1. The van der Waals surface area contributed by atoms with Gasteiger partial charge in [-0.15, -0.1) is 0 Å². The molecule has 1 aliphatic heterocycles. The maximum atomic E-state index is 12.2. The third-order valence-corrected chi connectivity index (χ3v) is 3.18. The maximum Gasteiger partial charge on any atom is 0.309 e. The predicted octanol–water partition coefficient (Wildman–Crippen LogP) is 0.698. The van der Waals surface area contributed by atoms with Crippen LogP contribution in [0.3, 0.4) is 0 Å². The molecule has 1 rings (SSSR count). The number of amides is 1. The molecule has 0 spiro atoms. The highest BCUT2D eigenvalue weighted by molar-refractivity contribution is 5.86. The first-order valence-electron chi connectivity index (χ1n) is 6.15. The van der Waals surface area contributed by atoms with Gasteiger partial charge in [-0.2, -0.15) is 0 Å². The zero-order valence-corrected chi connectivity index (χ0v) is 10.8. The molecular formula is C12H22N2O3. The van der Waals surface area contributed by atoms with E-state index in [4.69, 9.17) is 5.11 Å². The summed E-state index contributed by atoms with van der Waals surface area (Å²) in [6, 6.07) is 0. The van der Waals surface area contributed by atoms with Crippen molar-refractivity contribution in [3.8, 4) is 0 Å².